The van der Waals surface area contributed by atoms with Gasteiger partial charge in [-0.3, -0.25) is 0 Å². The van der Waals surface area contributed by atoms with Crippen LogP contribution in [0.1, 0.15) is 0 Å². The summed E-state index contributed by atoms with van der Waals surface area (Å²) in [7, 11) is 0. The molecular weight excluding hydrogens is 243 g/mol. The van der Waals surface area contributed by atoms with Gasteiger partial charge in [0, 0.05) is 5.56 Å². The number of H-pyrrole nitrogens is 1. The van der Waals surface area contributed by atoms with E-state index in [0.717, 1.165) is 5.56 Å². The third-order valence-electron chi connectivity index (χ3n) is 2.38. The van der Waals surface area contributed by atoms with E-state index in [1.54, 1.807) is 18.3 Å². The maximum Gasteiger partial charge on any atom is 0.179 e. The van der Waals surface area contributed by atoms with Gasteiger partial charge in [-0.15, -0.1) is 5.10 Å². The van der Waals surface area contributed by atoms with Crippen LogP contribution in [0.25, 0.3) is 22.4 Å². The van der Waals surface area contributed by atoms with Crippen LogP contribution in [0.5, 0.6) is 0 Å². The zero-order valence-corrected chi connectivity index (χ0v) is 9.24. The Hall–Kier alpha value is -2.01. The Morgan fingerprint density at radius 2 is 1.94 bits per heavy atom. The van der Waals surface area contributed by atoms with Crippen LogP contribution in [0.2, 0.25) is 5.15 Å². The smallest absolute Gasteiger partial charge is 0.179 e. The molecule has 0 amide bonds. The fraction of sp³-hybridized carbons (Fsp3) is 0. The number of aromatic amines is 1. The number of fused-ring (bicyclic) bond motifs is 1. The number of halogens is 2. The third-order valence-corrected chi connectivity index (χ3v) is 2.63. The molecule has 0 unspecified atom stereocenters. The van der Waals surface area contributed by atoms with E-state index in [1.807, 2.05) is 0 Å². The van der Waals surface area contributed by atoms with Gasteiger partial charge in [0.1, 0.15) is 17.2 Å². The van der Waals surface area contributed by atoms with Gasteiger partial charge in [0.15, 0.2) is 5.15 Å². The summed E-state index contributed by atoms with van der Waals surface area (Å²) in [4.78, 5) is 7.35. The summed E-state index contributed by atoms with van der Waals surface area (Å²) in [6.07, 6.45) is 1.54. The molecule has 0 saturated heterocycles. The lowest BCUT2D eigenvalue weighted by Gasteiger charge is -1.94. The lowest BCUT2D eigenvalue weighted by atomic mass is 10.2. The highest BCUT2D eigenvalue weighted by Crippen LogP contribution is 2.23. The average Bonchev–Trinajstić information content (AvgIpc) is 2.75. The van der Waals surface area contributed by atoms with E-state index < -0.39 is 0 Å². The first-order valence-corrected chi connectivity index (χ1v) is 5.24. The predicted molar refractivity (Wildman–Crippen MR) is 62.1 cm³/mol. The maximum absolute atomic E-state index is 12.8. The van der Waals surface area contributed by atoms with Crippen molar-refractivity contribution in [3.05, 3.63) is 41.4 Å². The first-order chi connectivity index (χ1) is 8.24. The van der Waals surface area contributed by atoms with Crippen molar-refractivity contribution in [2.45, 2.75) is 0 Å². The molecule has 17 heavy (non-hydrogen) atoms. The highest BCUT2D eigenvalue weighted by atomic mass is 35.5. The molecule has 0 saturated carbocycles. The number of imidazole rings is 1. The van der Waals surface area contributed by atoms with Gasteiger partial charge in [-0.2, -0.15) is 5.10 Å². The lowest BCUT2D eigenvalue weighted by molar-refractivity contribution is 0.628. The summed E-state index contributed by atoms with van der Waals surface area (Å²) in [6, 6.07) is 6.03. The van der Waals surface area contributed by atoms with Crippen LogP contribution in [0.3, 0.4) is 0 Å². The van der Waals surface area contributed by atoms with Gasteiger partial charge < -0.3 is 4.98 Å². The van der Waals surface area contributed by atoms with Crippen LogP contribution < -0.4 is 0 Å². The predicted octanol–water partition coefficient (Wildman–Crippen LogP) is 2.81. The first kappa shape index (κ1) is 10.2. The van der Waals surface area contributed by atoms with Crippen molar-refractivity contribution in [3.63, 3.8) is 0 Å². The van der Waals surface area contributed by atoms with Gasteiger partial charge in [-0.05, 0) is 24.3 Å². The molecule has 1 N–H and O–H groups in total. The van der Waals surface area contributed by atoms with E-state index in [1.165, 1.54) is 12.1 Å². The van der Waals surface area contributed by atoms with E-state index in [-0.39, 0.29) is 11.0 Å². The number of hydrogen-bond acceptors (Lipinski definition) is 3. The molecule has 0 spiro atoms. The summed E-state index contributed by atoms with van der Waals surface area (Å²) in [5, 5.41) is 7.66. The standard InChI is InChI=1S/C11H6ClFN4/c12-10-9-8(5-14-17-10)15-11(16-9)6-1-3-7(13)4-2-6/h1-5H,(H,15,16). The highest BCUT2D eigenvalue weighted by Gasteiger charge is 2.09. The number of hydrogen-bond donors (Lipinski definition) is 1. The van der Waals surface area contributed by atoms with Gasteiger partial charge in [-0.25, -0.2) is 9.37 Å². The van der Waals surface area contributed by atoms with Crippen LogP contribution in [0.15, 0.2) is 30.5 Å². The third kappa shape index (κ3) is 1.74. The SMILES string of the molecule is Fc1ccc(-c2nc3c(Cl)nncc3[nH]2)cc1. The minimum Gasteiger partial charge on any atom is -0.337 e. The van der Waals surface area contributed by atoms with E-state index in [9.17, 15) is 4.39 Å². The molecule has 2 heterocycles. The Morgan fingerprint density at radius 3 is 2.65 bits per heavy atom. The van der Waals surface area contributed by atoms with Crippen LogP contribution in [-0.4, -0.2) is 20.2 Å². The number of benzene rings is 1. The van der Waals surface area contributed by atoms with Gasteiger partial charge >= 0.3 is 0 Å². The Kier molecular flexibility index (Phi) is 2.26. The minimum atomic E-state index is -0.286. The van der Waals surface area contributed by atoms with Gasteiger partial charge in [0.2, 0.25) is 0 Å². The fourth-order valence-electron chi connectivity index (χ4n) is 1.57. The van der Waals surface area contributed by atoms with Gasteiger partial charge in [-0.1, -0.05) is 11.6 Å². The van der Waals surface area contributed by atoms with E-state index in [4.69, 9.17) is 11.6 Å². The minimum absolute atomic E-state index is 0.243. The highest BCUT2D eigenvalue weighted by molar-refractivity contribution is 6.33. The zero-order valence-electron chi connectivity index (χ0n) is 8.48. The molecular formula is C11H6ClFN4. The average molecular weight is 249 g/mol. The molecule has 3 aromatic rings. The Morgan fingerprint density at radius 1 is 1.18 bits per heavy atom. The summed E-state index contributed by atoms with van der Waals surface area (Å²) >= 11 is 5.87. The summed E-state index contributed by atoms with van der Waals surface area (Å²) in [6.45, 7) is 0. The molecule has 84 valence electrons. The molecule has 6 heteroatoms. The van der Waals surface area contributed by atoms with Crippen molar-refractivity contribution in [3.8, 4) is 11.4 Å². The topological polar surface area (TPSA) is 54.5 Å². The summed E-state index contributed by atoms with van der Waals surface area (Å²) in [5.41, 5.74) is 2.03. The molecule has 0 fully saturated rings. The normalized spacial score (nSPS) is 10.9. The molecule has 0 aliphatic rings. The second-order valence-corrected chi connectivity index (χ2v) is 3.85. The molecule has 1 aromatic carbocycles. The molecule has 0 aliphatic carbocycles. The summed E-state index contributed by atoms with van der Waals surface area (Å²) in [5.74, 6) is 0.322. The van der Waals surface area contributed by atoms with E-state index in [0.29, 0.717) is 16.9 Å². The molecule has 0 atom stereocenters. The van der Waals surface area contributed by atoms with Crippen LogP contribution >= 0.6 is 11.6 Å². The number of nitrogens with one attached hydrogen (secondary N) is 1. The van der Waals surface area contributed by atoms with Crippen molar-refractivity contribution in [1.29, 1.82) is 0 Å². The molecule has 0 radical (unpaired) electrons. The van der Waals surface area contributed by atoms with Crippen molar-refractivity contribution in [2.24, 2.45) is 0 Å². The molecule has 4 nitrogen and oxygen atoms in total. The molecule has 2 aromatic heterocycles. The van der Waals surface area contributed by atoms with Crippen LogP contribution in [0, 0.1) is 5.82 Å². The largest absolute Gasteiger partial charge is 0.337 e. The first-order valence-electron chi connectivity index (χ1n) is 4.87. The van der Waals surface area contributed by atoms with Crippen molar-refractivity contribution < 1.29 is 4.39 Å². The molecule has 0 aliphatic heterocycles. The quantitative estimate of drug-likeness (QED) is 0.720. The Balaban J connectivity index is 2.18. The molecule has 0 bridgehead atoms. The lowest BCUT2D eigenvalue weighted by Crippen LogP contribution is -1.81. The van der Waals surface area contributed by atoms with Gasteiger partial charge in [0.05, 0.1) is 11.7 Å². The summed E-state index contributed by atoms with van der Waals surface area (Å²) < 4.78 is 12.8. The molecule has 3 rings (SSSR count). The maximum atomic E-state index is 12.8. The van der Waals surface area contributed by atoms with E-state index >= 15 is 0 Å². The number of rotatable bonds is 1. The number of aromatic nitrogens is 4. The Bertz CT molecular complexity index is 678. The second kappa shape index (κ2) is 3.78. The van der Waals surface area contributed by atoms with Crippen LogP contribution in [0.4, 0.5) is 4.39 Å². The zero-order chi connectivity index (χ0) is 11.8. The van der Waals surface area contributed by atoms with Crippen LogP contribution in [-0.2, 0) is 0 Å². The van der Waals surface area contributed by atoms with Gasteiger partial charge in [0.25, 0.3) is 0 Å². The Labute approximate surface area is 100 Å². The fourth-order valence-corrected chi connectivity index (χ4v) is 1.75. The number of nitrogens with zero attached hydrogens (tertiary/aromatic N) is 3. The van der Waals surface area contributed by atoms with Crippen molar-refractivity contribution >= 4 is 22.6 Å². The van der Waals surface area contributed by atoms with Crippen molar-refractivity contribution in [2.75, 3.05) is 0 Å². The van der Waals surface area contributed by atoms with E-state index in [2.05, 4.69) is 20.2 Å². The second-order valence-electron chi connectivity index (χ2n) is 3.49. The van der Waals surface area contributed by atoms with Crippen molar-refractivity contribution in [1.82, 2.24) is 20.2 Å². The monoisotopic (exact) mass is 248 g/mol.